The summed E-state index contributed by atoms with van der Waals surface area (Å²) in [6.07, 6.45) is 2.59. The predicted octanol–water partition coefficient (Wildman–Crippen LogP) is 1.93. The minimum Gasteiger partial charge on any atom is -0.376 e. The number of hydrogen-bond acceptors (Lipinski definition) is 2. The number of ether oxygens (including phenoxy) is 1. The lowest BCUT2D eigenvalue weighted by molar-refractivity contribution is -0.856. The molecule has 0 aromatic heterocycles. The van der Waals surface area contributed by atoms with Crippen molar-refractivity contribution in [1.82, 2.24) is 5.32 Å². The average molecular weight is 348 g/mol. The van der Waals surface area contributed by atoms with Crippen molar-refractivity contribution in [1.29, 1.82) is 0 Å². The van der Waals surface area contributed by atoms with Crippen LogP contribution in [0.2, 0.25) is 0 Å². The molecule has 1 fully saturated rings. The molecule has 2 atom stereocenters. The molecule has 140 valence electrons. The fraction of sp³-hybridized carbons (Fsp3) is 0.667. The zero-order chi connectivity index (χ0) is 18.4. The molecule has 1 aromatic rings. The number of quaternary nitrogens is 1. The smallest absolute Gasteiger partial charge is 0.220 e. The minimum atomic E-state index is -0.101. The van der Waals surface area contributed by atoms with Crippen LogP contribution < -0.4 is 10.2 Å². The lowest BCUT2D eigenvalue weighted by Crippen LogP contribution is -3.06. The van der Waals surface area contributed by atoms with Gasteiger partial charge >= 0.3 is 0 Å². The predicted molar refractivity (Wildman–Crippen MR) is 102 cm³/mol. The molecule has 4 nitrogen and oxygen atoms in total. The number of rotatable bonds is 7. The maximum Gasteiger partial charge on any atom is 0.220 e. The van der Waals surface area contributed by atoms with Crippen LogP contribution in [0.1, 0.15) is 50.2 Å². The number of nitrogens with one attached hydrogen (secondary N) is 2. The third-order valence-electron chi connectivity index (χ3n) is 5.16. The summed E-state index contributed by atoms with van der Waals surface area (Å²) in [4.78, 5) is 13.9. The van der Waals surface area contributed by atoms with E-state index >= 15 is 0 Å². The van der Waals surface area contributed by atoms with Crippen molar-refractivity contribution < 1.29 is 14.4 Å². The van der Waals surface area contributed by atoms with Gasteiger partial charge in [-0.1, -0.05) is 29.8 Å². The van der Waals surface area contributed by atoms with Crippen LogP contribution in [0, 0.1) is 12.8 Å². The second kappa shape index (κ2) is 8.81. The molecule has 25 heavy (non-hydrogen) atoms. The van der Waals surface area contributed by atoms with Gasteiger partial charge in [0.1, 0.15) is 0 Å². The number of benzene rings is 1. The molecule has 2 rings (SSSR count). The largest absolute Gasteiger partial charge is 0.376 e. The van der Waals surface area contributed by atoms with Gasteiger partial charge in [0.2, 0.25) is 5.91 Å². The molecule has 1 aromatic carbocycles. The van der Waals surface area contributed by atoms with Crippen molar-refractivity contribution >= 4 is 5.91 Å². The van der Waals surface area contributed by atoms with Crippen LogP contribution in [-0.2, 0) is 9.53 Å². The summed E-state index contributed by atoms with van der Waals surface area (Å²) >= 11 is 0. The first-order chi connectivity index (χ1) is 11.8. The highest BCUT2D eigenvalue weighted by Crippen LogP contribution is 2.40. The van der Waals surface area contributed by atoms with E-state index in [1.54, 1.807) is 0 Å². The van der Waals surface area contributed by atoms with Crippen molar-refractivity contribution in [3.05, 3.63) is 35.4 Å². The molecule has 0 bridgehead atoms. The maximum absolute atomic E-state index is 12.5. The maximum atomic E-state index is 12.5. The van der Waals surface area contributed by atoms with Crippen LogP contribution in [0.5, 0.6) is 0 Å². The molecule has 4 heteroatoms. The molecule has 0 saturated carbocycles. The lowest BCUT2D eigenvalue weighted by Gasteiger charge is -2.39. The number of carbonyl (C=O) groups excluding carboxylic acids is 1. The summed E-state index contributed by atoms with van der Waals surface area (Å²) < 4.78 is 5.89. The Labute approximate surface area is 152 Å². The highest BCUT2D eigenvalue weighted by molar-refractivity contribution is 5.76. The molecule has 1 heterocycles. The topological polar surface area (TPSA) is 42.8 Å². The number of aryl methyl sites for hydroxylation is 1. The first-order valence-corrected chi connectivity index (χ1v) is 9.53. The van der Waals surface area contributed by atoms with Crippen molar-refractivity contribution in [2.45, 2.75) is 51.6 Å². The van der Waals surface area contributed by atoms with E-state index < -0.39 is 0 Å². The third kappa shape index (κ3) is 6.44. The Balaban J connectivity index is 2.09. The van der Waals surface area contributed by atoms with E-state index in [1.807, 2.05) is 0 Å². The number of carbonyl (C=O) groups is 1. The Bertz CT molecular complexity index is 552. The van der Waals surface area contributed by atoms with Crippen LogP contribution in [0.4, 0.5) is 0 Å². The van der Waals surface area contributed by atoms with E-state index in [4.69, 9.17) is 4.74 Å². The van der Waals surface area contributed by atoms with Crippen LogP contribution in [0.15, 0.2) is 24.3 Å². The van der Waals surface area contributed by atoms with E-state index in [9.17, 15) is 4.79 Å². The highest BCUT2D eigenvalue weighted by atomic mass is 16.5. The van der Waals surface area contributed by atoms with Gasteiger partial charge in [0.05, 0.1) is 32.8 Å². The first kappa shape index (κ1) is 19.9. The van der Waals surface area contributed by atoms with E-state index in [0.29, 0.717) is 12.3 Å². The molecule has 1 aliphatic heterocycles. The van der Waals surface area contributed by atoms with Crippen LogP contribution in [-0.4, -0.2) is 45.3 Å². The molecule has 1 aliphatic rings. The SMILES string of the molecule is Cc1ccc([C@H](CC(=O)NCC[NH+](C)C)[C@H]2CCOC(C)(C)C2)cc1. The molecule has 1 saturated heterocycles. The van der Waals surface area contributed by atoms with Gasteiger partial charge in [0, 0.05) is 13.0 Å². The van der Waals surface area contributed by atoms with Crippen molar-refractivity contribution in [2.75, 3.05) is 33.8 Å². The monoisotopic (exact) mass is 347 g/mol. The summed E-state index contributed by atoms with van der Waals surface area (Å²) in [5, 5.41) is 3.09. The van der Waals surface area contributed by atoms with E-state index in [0.717, 1.165) is 32.5 Å². The van der Waals surface area contributed by atoms with Crippen LogP contribution >= 0.6 is 0 Å². The number of hydrogen-bond donors (Lipinski definition) is 2. The molecule has 0 radical (unpaired) electrons. The highest BCUT2D eigenvalue weighted by Gasteiger charge is 2.35. The van der Waals surface area contributed by atoms with Gasteiger partial charge in [-0.05, 0) is 51.0 Å². The fourth-order valence-electron chi connectivity index (χ4n) is 3.72. The summed E-state index contributed by atoms with van der Waals surface area (Å²) in [5.74, 6) is 0.906. The lowest BCUT2D eigenvalue weighted by atomic mass is 9.75. The second-order valence-electron chi connectivity index (χ2n) is 8.39. The summed E-state index contributed by atoms with van der Waals surface area (Å²) in [6, 6.07) is 8.69. The second-order valence-corrected chi connectivity index (χ2v) is 8.39. The average Bonchev–Trinajstić information content (AvgIpc) is 2.52. The number of likely N-dealkylation sites (N-methyl/N-ethyl adjacent to an activating group) is 1. The minimum absolute atomic E-state index is 0.101. The molecule has 2 N–H and O–H groups in total. The quantitative estimate of drug-likeness (QED) is 0.792. The molecule has 0 unspecified atom stereocenters. The van der Waals surface area contributed by atoms with E-state index in [2.05, 4.69) is 64.4 Å². The molecular weight excluding hydrogens is 312 g/mol. The summed E-state index contributed by atoms with van der Waals surface area (Å²) in [7, 11) is 4.21. The van der Waals surface area contributed by atoms with E-state index in [1.165, 1.54) is 16.0 Å². The summed E-state index contributed by atoms with van der Waals surface area (Å²) in [5.41, 5.74) is 2.44. The molecule has 1 amide bonds. The Morgan fingerprint density at radius 3 is 2.60 bits per heavy atom. The normalized spacial score (nSPS) is 21.1. The first-order valence-electron chi connectivity index (χ1n) is 9.53. The van der Waals surface area contributed by atoms with Gasteiger partial charge < -0.3 is 15.0 Å². The summed E-state index contributed by atoms with van der Waals surface area (Å²) in [6.45, 7) is 8.89. The van der Waals surface area contributed by atoms with Gasteiger partial charge in [-0.3, -0.25) is 4.79 Å². The van der Waals surface area contributed by atoms with Crippen molar-refractivity contribution in [3.63, 3.8) is 0 Å². The Kier molecular flexibility index (Phi) is 7.03. The van der Waals surface area contributed by atoms with Crippen LogP contribution in [0.25, 0.3) is 0 Å². The van der Waals surface area contributed by atoms with Crippen LogP contribution in [0.3, 0.4) is 0 Å². The Hall–Kier alpha value is -1.39. The zero-order valence-electron chi connectivity index (χ0n) is 16.5. The molecular formula is C21H35N2O2+. The molecule has 0 aliphatic carbocycles. The van der Waals surface area contributed by atoms with Crippen molar-refractivity contribution in [3.8, 4) is 0 Å². The van der Waals surface area contributed by atoms with Gasteiger partial charge in [-0.2, -0.15) is 0 Å². The molecule has 0 spiro atoms. The van der Waals surface area contributed by atoms with Gasteiger partial charge in [-0.25, -0.2) is 0 Å². The Morgan fingerprint density at radius 1 is 1.32 bits per heavy atom. The number of amides is 1. The third-order valence-corrected chi connectivity index (χ3v) is 5.16. The van der Waals surface area contributed by atoms with Gasteiger partial charge in [0.15, 0.2) is 0 Å². The van der Waals surface area contributed by atoms with Gasteiger partial charge in [-0.15, -0.1) is 0 Å². The van der Waals surface area contributed by atoms with Crippen molar-refractivity contribution in [2.24, 2.45) is 5.92 Å². The fourth-order valence-corrected chi connectivity index (χ4v) is 3.72. The van der Waals surface area contributed by atoms with Gasteiger partial charge in [0.25, 0.3) is 0 Å². The standard InChI is InChI=1S/C21H34N2O2/c1-16-6-8-17(9-7-16)19(14-20(24)22-11-12-23(4)5)18-10-13-25-21(2,3)15-18/h6-9,18-19H,10-15H2,1-5H3,(H,22,24)/p+1/t18-,19-/m0/s1. The Morgan fingerprint density at radius 2 is 2.00 bits per heavy atom. The van der Waals surface area contributed by atoms with E-state index in [-0.39, 0.29) is 17.4 Å². The zero-order valence-corrected chi connectivity index (χ0v) is 16.5.